The molecule has 0 aliphatic rings. The smallest absolute Gasteiger partial charge is 0.304 e. The molecule has 18 heavy (non-hydrogen) atoms. The number of rotatable bonds is 6. The first-order valence-electron chi connectivity index (χ1n) is 5.65. The minimum atomic E-state index is -0.676. The van der Waals surface area contributed by atoms with Gasteiger partial charge in [0.2, 0.25) is 0 Å². The van der Waals surface area contributed by atoms with Gasteiger partial charge in [-0.15, -0.1) is 11.3 Å². The number of likely N-dealkylation sites (N-methyl/N-ethyl adjacent to an activating group) is 2. The molecule has 0 amide bonds. The number of hydrogen-bond donors (Lipinski definition) is 1. The molecule has 0 spiro atoms. The van der Waals surface area contributed by atoms with E-state index in [0.717, 1.165) is 6.54 Å². The standard InChI is InChI=1S/C11H19N3O3S/c1-8(15)10-7-9(14(16)17)11(18-10)13(4)6-5-12(2)3/h7-8,15H,5-6H2,1-4H3/t8-/m0/s1. The summed E-state index contributed by atoms with van der Waals surface area (Å²) in [4.78, 5) is 15.1. The van der Waals surface area contributed by atoms with Crippen LogP contribution in [0, 0.1) is 10.1 Å². The second-order valence-corrected chi connectivity index (χ2v) is 5.56. The summed E-state index contributed by atoms with van der Waals surface area (Å²) in [6, 6.07) is 1.46. The van der Waals surface area contributed by atoms with Gasteiger partial charge in [-0.05, 0) is 21.0 Å². The molecule has 0 saturated carbocycles. The van der Waals surface area contributed by atoms with E-state index in [4.69, 9.17) is 0 Å². The van der Waals surface area contributed by atoms with Crippen molar-refractivity contribution in [1.29, 1.82) is 0 Å². The average molecular weight is 273 g/mol. The van der Waals surface area contributed by atoms with Gasteiger partial charge in [-0.2, -0.15) is 0 Å². The highest BCUT2D eigenvalue weighted by Gasteiger charge is 2.23. The molecule has 0 aliphatic heterocycles. The van der Waals surface area contributed by atoms with Gasteiger partial charge in [-0.25, -0.2) is 0 Å². The van der Waals surface area contributed by atoms with Crippen LogP contribution in [0.5, 0.6) is 0 Å². The second kappa shape index (κ2) is 6.12. The first-order chi connectivity index (χ1) is 8.32. The summed E-state index contributed by atoms with van der Waals surface area (Å²) < 4.78 is 0. The Labute approximate surface area is 111 Å². The minimum Gasteiger partial charge on any atom is -0.388 e. The van der Waals surface area contributed by atoms with Crippen molar-refractivity contribution in [3.63, 3.8) is 0 Å². The number of nitro groups is 1. The summed E-state index contributed by atoms with van der Waals surface area (Å²) in [5, 5.41) is 21.1. The number of aliphatic hydroxyl groups excluding tert-OH is 1. The van der Waals surface area contributed by atoms with Gasteiger partial charge in [0.1, 0.15) is 0 Å². The van der Waals surface area contributed by atoms with Crippen LogP contribution in [-0.4, -0.2) is 49.2 Å². The van der Waals surface area contributed by atoms with Gasteiger partial charge in [0, 0.05) is 31.1 Å². The number of anilines is 1. The normalized spacial score (nSPS) is 12.8. The predicted molar refractivity (Wildman–Crippen MR) is 73.4 cm³/mol. The average Bonchev–Trinajstić information content (AvgIpc) is 2.70. The fourth-order valence-corrected chi connectivity index (χ4v) is 2.50. The molecule has 0 radical (unpaired) electrons. The molecule has 0 unspecified atom stereocenters. The second-order valence-electron chi connectivity index (χ2n) is 4.50. The molecule has 1 heterocycles. The lowest BCUT2D eigenvalue weighted by Gasteiger charge is -2.19. The predicted octanol–water partition coefficient (Wildman–Crippen LogP) is 1.71. The SMILES string of the molecule is C[C@H](O)c1cc([N+](=O)[O-])c(N(C)CCN(C)C)s1. The Morgan fingerprint density at radius 3 is 2.50 bits per heavy atom. The van der Waals surface area contributed by atoms with Crippen LogP contribution >= 0.6 is 11.3 Å². The van der Waals surface area contributed by atoms with E-state index in [1.807, 2.05) is 30.9 Å². The van der Waals surface area contributed by atoms with Crippen molar-refractivity contribution in [2.24, 2.45) is 0 Å². The fraction of sp³-hybridized carbons (Fsp3) is 0.636. The Bertz CT molecular complexity index is 418. The maximum atomic E-state index is 11.0. The molecule has 102 valence electrons. The van der Waals surface area contributed by atoms with E-state index in [-0.39, 0.29) is 5.69 Å². The highest BCUT2D eigenvalue weighted by molar-refractivity contribution is 7.16. The van der Waals surface area contributed by atoms with Crippen molar-refractivity contribution in [2.45, 2.75) is 13.0 Å². The molecule has 1 atom stereocenters. The zero-order valence-corrected chi connectivity index (χ0v) is 11.9. The Balaban J connectivity index is 2.94. The molecule has 0 aliphatic carbocycles. The van der Waals surface area contributed by atoms with E-state index in [1.54, 1.807) is 6.92 Å². The van der Waals surface area contributed by atoms with Crippen molar-refractivity contribution in [1.82, 2.24) is 4.90 Å². The lowest BCUT2D eigenvalue weighted by atomic mass is 10.3. The molecule has 1 rings (SSSR count). The Morgan fingerprint density at radius 1 is 1.44 bits per heavy atom. The maximum absolute atomic E-state index is 11.0. The van der Waals surface area contributed by atoms with Gasteiger partial charge in [-0.1, -0.05) is 0 Å². The molecule has 6 nitrogen and oxygen atoms in total. The number of nitrogens with zero attached hydrogens (tertiary/aromatic N) is 3. The van der Waals surface area contributed by atoms with Crippen molar-refractivity contribution in [3.8, 4) is 0 Å². The van der Waals surface area contributed by atoms with Gasteiger partial charge in [0.05, 0.1) is 11.0 Å². The molecular weight excluding hydrogens is 254 g/mol. The Kier molecular flexibility index (Phi) is 5.06. The van der Waals surface area contributed by atoms with E-state index < -0.39 is 11.0 Å². The molecule has 0 saturated heterocycles. The van der Waals surface area contributed by atoms with Crippen molar-refractivity contribution < 1.29 is 10.0 Å². The topological polar surface area (TPSA) is 69.8 Å². The summed E-state index contributed by atoms with van der Waals surface area (Å²) in [5.41, 5.74) is 0.0668. The Morgan fingerprint density at radius 2 is 2.06 bits per heavy atom. The highest BCUT2D eigenvalue weighted by Crippen LogP contribution is 2.39. The van der Waals surface area contributed by atoms with E-state index in [1.165, 1.54) is 17.4 Å². The number of hydrogen-bond acceptors (Lipinski definition) is 6. The van der Waals surface area contributed by atoms with Crippen LogP contribution in [0.1, 0.15) is 17.9 Å². The molecule has 1 N–H and O–H groups in total. The Hall–Kier alpha value is -1.18. The quantitative estimate of drug-likeness (QED) is 0.631. The molecule has 7 heteroatoms. The van der Waals surface area contributed by atoms with Crippen molar-refractivity contribution in [2.75, 3.05) is 39.1 Å². The third kappa shape index (κ3) is 3.66. The summed E-state index contributed by atoms with van der Waals surface area (Å²) in [6.07, 6.45) is -0.676. The van der Waals surface area contributed by atoms with Gasteiger partial charge >= 0.3 is 5.69 Å². The van der Waals surface area contributed by atoms with E-state index in [9.17, 15) is 15.2 Å². The van der Waals surface area contributed by atoms with Crippen LogP contribution in [0.3, 0.4) is 0 Å². The van der Waals surface area contributed by atoms with Crippen LogP contribution in [0.15, 0.2) is 6.07 Å². The zero-order valence-electron chi connectivity index (χ0n) is 11.1. The van der Waals surface area contributed by atoms with E-state index >= 15 is 0 Å². The maximum Gasteiger partial charge on any atom is 0.304 e. The van der Waals surface area contributed by atoms with Crippen LogP contribution in [0.25, 0.3) is 0 Å². The number of aliphatic hydroxyl groups is 1. The molecule has 0 fully saturated rings. The molecule has 1 aromatic rings. The van der Waals surface area contributed by atoms with Crippen LogP contribution in [0.2, 0.25) is 0 Å². The lowest BCUT2D eigenvalue weighted by molar-refractivity contribution is -0.383. The van der Waals surface area contributed by atoms with E-state index in [2.05, 4.69) is 0 Å². The first-order valence-corrected chi connectivity index (χ1v) is 6.46. The largest absolute Gasteiger partial charge is 0.388 e. The fourth-order valence-electron chi connectivity index (χ4n) is 1.45. The first kappa shape index (κ1) is 14.9. The molecule has 0 aromatic carbocycles. The van der Waals surface area contributed by atoms with E-state index in [0.29, 0.717) is 16.4 Å². The third-order valence-electron chi connectivity index (χ3n) is 2.55. The summed E-state index contributed by atoms with van der Waals surface area (Å²) >= 11 is 1.27. The summed E-state index contributed by atoms with van der Waals surface area (Å²) in [6.45, 7) is 3.13. The summed E-state index contributed by atoms with van der Waals surface area (Å²) in [7, 11) is 5.74. The zero-order chi connectivity index (χ0) is 13.9. The van der Waals surface area contributed by atoms with Crippen molar-refractivity contribution >= 4 is 22.0 Å². The molecule has 0 bridgehead atoms. The monoisotopic (exact) mass is 273 g/mol. The minimum absolute atomic E-state index is 0.0668. The lowest BCUT2D eigenvalue weighted by Crippen LogP contribution is -2.28. The van der Waals surface area contributed by atoms with Gasteiger partial charge in [-0.3, -0.25) is 10.1 Å². The third-order valence-corrected chi connectivity index (χ3v) is 3.96. The van der Waals surface area contributed by atoms with Gasteiger partial charge < -0.3 is 14.9 Å². The van der Waals surface area contributed by atoms with Crippen molar-refractivity contribution in [3.05, 3.63) is 21.1 Å². The van der Waals surface area contributed by atoms with Gasteiger partial charge in [0.15, 0.2) is 5.00 Å². The number of thiophene rings is 1. The molecular formula is C11H19N3O3S. The highest BCUT2D eigenvalue weighted by atomic mass is 32.1. The van der Waals surface area contributed by atoms with Gasteiger partial charge in [0.25, 0.3) is 0 Å². The molecule has 1 aromatic heterocycles. The van der Waals surface area contributed by atoms with Crippen LogP contribution in [-0.2, 0) is 0 Å². The summed E-state index contributed by atoms with van der Waals surface area (Å²) in [5.74, 6) is 0. The van der Waals surface area contributed by atoms with Crippen LogP contribution in [0.4, 0.5) is 10.7 Å². The van der Waals surface area contributed by atoms with Crippen LogP contribution < -0.4 is 4.90 Å².